The number of nitrogens with one attached hydrogen (secondary N) is 2. The third-order valence-corrected chi connectivity index (χ3v) is 2.33. The first-order valence-electron chi connectivity index (χ1n) is 5.85. The minimum atomic E-state index is -0.198. The molecule has 1 rings (SSSR count). The third kappa shape index (κ3) is 4.76. The predicted octanol–water partition coefficient (Wildman–Crippen LogP) is 2.35. The van der Waals surface area contributed by atoms with Gasteiger partial charge in [-0.05, 0) is 31.9 Å². The van der Waals surface area contributed by atoms with Crippen molar-refractivity contribution in [3.8, 4) is 5.75 Å². The molecule has 17 heavy (non-hydrogen) atoms. The fourth-order valence-electron chi connectivity index (χ4n) is 1.44. The molecule has 0 bridgehead atoms. The molecular weight excluding hydrogens is 216 g/mol. The Balaban J connectivity index is 2.33. The summed E-state index contributed by atoms with van der Waals surface area (Å²) in [6.07, 6.45) is 0.922. The van der Waals surface area contributed by atoms with Gasteiger partial charge in [-0.2, -0.15) is 0 Å². The number of benzene rings is 1. The lowest BCUT2D eigenvalue weighted by Gasteiger charge is -2.11. The Kier molecular flexibility index (Phi) is 5.33. The zero-order valence-corrected chi connectivity index (χ0v) is 10.7. The van der Waals surface area contributed by atoms with Crippen LogP contribution in [0.15, 0.2) is 18.2 Å². The molecule has 0 aromatic heterocycles. The van der Waals surface area contributed by atoms with Crippen LogP contribution in [-0.4, -0.2) is 19.3 Å². The van der Waals surface area contributed by atoms with E-state index in [-0.39, 0.29) is 12.8 Å². The molecule has 0 saturated carbocycles. The number of ether oxygens (including phenoxy) is 1. The molecule has 0 atom stereocenters. The van der Waals surface area contributed by atoms with Gasteiger partial charge in [0.25, 0.3) is 0 Å². The average molecular weight is 236 g/mol. The fourth-order valence-corrected chi connectivity index (χ4v) is 1.44. The van der Waals surface area contributed by atoms with Gasteiger partial charge in [-0.25, -0.2) is 4.79 Å². The SMILES string of the molecule is CCCNC(=O)NCOc1ccc(C)cc1C. The first-order chi connectivity index (χ1) is 8.13. The molecule has 0 spiro atoms. The zero-order valence-electron chi connectivity index (χ0n) is 10.7. The van der Waals surface area contributed by atoms with Crippen molar-refractivity contribution < 1.29 is 9.53 Å². The zero-order chi connectivity index (χ0) is 12.7. The summed E-state index contributed by atoms with van der Waals surface area (Å²) in [4.78, 5) is 11.2. The van der Waals surface area contributed by atoms with Crippen LogP contribution in [0.4, 0.5) is 4.79 Å². The Labute approximate surface area is 102 Å². The summed E-state index contributed by atoms with van der Waals surface area (Å²) in [6, 6.07) is 5.75. The second-order valence-corrected chi connectivity index (χ2v) is 3.99. The van der Waals surface area contributed by atoms with Gasteiger partial charge >= 0.3 is 6.03 Å². The molecule has 0 saturated heterocycles. The van der Waals surface area contributed by atoms with Gasteiger partial charge in [-0.1, -0.05) is 24.6 Å². The molecule has 94 valence electrons. The molecule has 1 aromatic carbocycles. The van der Waals surface area contributed by atoms with Gasteiger partial charge < -0.3 is 15.4 Å². The number of aryl methyl sites for hydroxylation is 2. The highest BCUT2D eigenvalue weighted by atomic mass is 16.5. The number of carbonyl (C=O) groups is 1. The van der Waals surface area contributed by atoms with E-state index in [0.29, 0.717) is 6.54 Å². The summed E-state index contributed by atoms with van der Waals surface area (Å²) >= 11 is 0. The van der Waals surface area contributed by atoms with E-state index in [2.05, 4.69) is 10.6 Å². The van der Waals surface area contributed by atoms with Crippen LogP contribution < -0.4 is 15.4 Å². The topological polar surface area (TPSA) is 50.4 Å². The van der Waals surface area contributed by atoms with Crippen LogP contribution >= 0.6 is 0 Å². The van der Waals surface area contributed by atoms with Crippen LogP contribution in [0.25, 0.3) is 0 Å². The van der Waals surface area contributed by atoms with E-state index in [1.165, 1.54) is 5.56 Å². The number of urea groups is 1. The molecule has 4 heteroatoms. The van der Waals surface area contributed by atoms with Crippen LogP contribution in [0, 0.1) is 13.8 Å². The number of rotatable bonds is 5. The van der Waals surface area contributed by atoms with Crippen molar-refractivity contribution in [2.24, 2.45) is 0 Å². The first-order valence-corrected chi connectivity index (χ1v) is 5.85. The Morgan fingerprint density at radius 1 is 1.29 bits per heavy atom. The van der Waals surface area contributed by atoms with Gasteiger partial charge in [0.05, 0.1) is 0 Å². The van der Waals surface area contributed by atoms with Crippen molar-refractivity contribution >= 4 is 6.03 Å². The Morgan fingerprint density at radius 2 is 2.06 bits per heavy atom. The van der Waals surface area contributed by atoms with Gasteiger partial charge in [-0.3, -0.25) is 0 Å². The molecule has 0 radical (unpaired) electrons. The summed E-state index contributed by atoms with van der Waals surface area (Å²) in [7, 11) is 0. The highest BCUT2D eigenvalue weighted by Crippen LogP contribution is 2.17. The maximum atomic E-state index is 11.2. The number of hydrogen-bond donors (Lipinski definition) is 2. The standard InChI is InChI=1S/C13H20N2O2/c1-4-7-14-13(16)15-9-17-12-6-5-10(2)8-11(12)3/h5-6,8H,4,7,9H2,1-3H3,(H2,14,15,16). The first kappa shape index (κ1) is 13.4. The Bertz CT molecular complexity index is 378. The number of amides is 2. The van der Waals surface area contributed by atoms with Crippen LogP contribution in [-0.2, 0) is 0 Å². The minimum Gasteiger partial charge on any atom is -0.473 e. The molecule has 0 unspecified atom stereocenters. The van der Waals surface area contributed by atoms with Crippen molar-refractivity contribution in [1.82, 2.24) is 10.6 Å². The second-order valence-electron chi connectivity index (χ2n) is 3.99. The van der Waals surface area contributed by atoms with Crippen molar-refractivity contribution in [2.75, 3.05) is 13.3 Å². The van der Waals surface area contributed by atoms with E-state index in [0.717, 1.165) is 17.7 Å². The normalized spacial score (nSPS) is 9.82. The Morgan fingerprint density at radius 3 is 2.71 bits per heavy atom. The summed E-state index contributed by atoms with van der Waals surface area (Å²) in [5.74, 6) is 0.798. The van der Waals surface area contributed by atoms with Gasteiger partial charge in [0.2, 0.25) is 0 Å². The molecule has 0 aliphatic carbocycles. The molecule has 2 amide bonds. The largest absolute Gasteiger partial charge is 0.473 e. The van der Waals surface area contributed by atoms with Crippen molar-refractivity contribution in [1.29, 1.82) is 0 Å². The fraction of sp³-hybridized carbons (Fsp3) is 0.462. The molecule has 1 aromatic rings. The third-order valence-electron chi connectivity index (χ3n) is 2.33. The number of hydrogen-bond acceptors (Lipinski definition) is 2. The van der Waals surface area contributed by atoms with Crippen LogP contribution in [0.5, 0.6) is 5.75 Å². The van der Waals surface area contributed by atoms with Gasteiger partial charge in [0.15, 0.2) is 6.73 Å². The molecule has 0 fully saturated rings. The van der Waals surface area contributed by atoms with Crippen molar-refractivity contribution in [2.45, 2.75) is 27.2 Å². The lowest BCUT2D eigenvalue weighted by atomic mass is 10.1. The summed E-state index contributed by atoms with van der Waals surface area (Å²) in [5, 5.41) is 5.35. The van der Waals surface area contributed by atoms with Crippen LogP contribution in [0.1, 0.15) is 24.5 Å². The van der Waals surface area contributed by atoms with Gasteiger partial charge in [-0.15, -0.1) is 0 Å². The molecule has 0 aliphatic heterocycles. The van der Waals surface area contributed by atoms with Crippen molar-refractivity contribution in [3.63, 3.8) is 0 Å². The smallest absolute Gasteiger partial charge is 0.317 e. The Hall–Kier alpha value is -1.71. The molecule has 4 nitrogen and oxygen atoms in total. The van der Waals surface area contributed by atoms with Gasteiger partial charge in [0, 0.05) is 6.54 Å². The monoisotopic (exact) mass is 236 g/mol. The average Bonchev–Trinajstić information content (AvgIpc) is 2.29. The summed E-state index contributed by atoms with van der Waals surface area (Å²) in [5.41, 5.74) is 2.27. The molecular formula is C13H20N2O2. The van der Waals surface area contributed by atoms with Crippen LogP contribution in [0.2, 0.25) is 0 Å². The van der Waals surface area contributed by atoms with E-state index in [9.17, 15) is 4.79 Å². The quantitative estimate of drug-likeness (QED) is 0.771. The highest BCUT2D eigenvalue weighted by molar-refractivity contribution is 5.73. The molecule has 0 heterocycles. The number of carbonyl (C=O) groups excluding carboxylic acids is 1. The molecule has 2 N–H and O–H groups in total. The molecule has 0 aliphatic rings. The van der Waals surface area contributed by atoms with E-state index in [4.69, 9.17) is 4.74 Å². The van der Waals surface area contributed by atoms with E-state index in [1.54, 1.807) is 0 Å². The minimum absolute atomic E-state index is 0.180. The maximum absolute atomic E-state index is 11.2. The van der Waals surface area contributed by atoms with E-state index in [1.807, 2.05) is 39.0 Å². The maximum Gasteiger partial charge on any atom is 0.317 e. The lowest BCUT2D eigenvalue weighted by Crippen LogP contribution is -2.38. The summed E-state index contributed by atoms with van der Waals surface area (Å²) in [6.45, 7) is 6.88. The van der Waals surface area contributed by atoms with E-state index >= 15 is 0 Å². The van der Waals surface area contributed by atoms with Gasteiger partial charge in [0.1, 0.15) is 5.75 Å². The lowest BCUT2D eigenvalue weighted by molar-refractivity contribution is 0.223. The van der Waals surface area contributed by atoms with Crippen molar-refractivity contribution in [3.05, 3.63) is 29.3 Å². The van der Waals surface area contributed by atoms with Crippen LogP contribution in [0.3, 0.4) is 0 Å². The predicted molar refractivity (Wildman–Crippen MR) is 68.2 cm³/mol. The second kappa shape index (κ2) is 6.78. The highest BCUT2D eigenvalue weighted by Gasteiger charge is 2.01. The van der Waals surface area contributed by atoms with E-state index < -0.39 is 0 Å². The summed E-state index contributed by atoms with van der Waals surface area (Å²) < 4.78 is 5.47.